The predicted octanol–water partition coefficient (Wildman–Crippen LogP) is 3.79. The van der Waals surface area contributed by atoms with E-state index in [1.54, 1.807) is 30.6 Å². The molecule has 0 aliphatic heterocycles. The highest BCUT2D eigenvalue weighted by atomic mass is 79.9. The molecular weight excluding hydrogens is 295 g/mol. The fourth-order valence-corrected chi connectivity index (χ4v) is 2.30. The summed E-state index contributed by atoms with van der Waals surface area (Å²) in [6, 6.07) is 8.61. The normalized spacial score (nSPS) is 14.2. The quantitative estimate of drug-likeness (QED) is 0.937. The minimum Gasteiger partial charge on any atom is -0.323 e. The monoisotopic (exact) mass is 308 g/mol. The zero-order valence-electron chi connectivity index (χ0n) is 9.98. The fraction of sp³-hybridized carbons (Fsp3) is 0.214. The van der Waals surface area contributed by atoms with Gasteiger partial charge in [-0.1, -0.05) is 19.1 Å². The van der Waals surface area contributed by atoms with Gasteiger partial charge in [0, 0.05) is 29.9 Å². The number of rotatable bonds is 3. The minimum atomic E-state index is -0.384. The van der Waals surface area contributed by atoms with Crippen molar-refractivity contribution in [2.75, 3.05) is 0 Å². The lowest BCUT2D eigenvalue weighted by Crippen LogP contribution is -2.19. The topological polar surface area (TPSA) is 38.9 Å². The number of nitrogens with zero attached hydrogens (tertiary/aromatic N) is 1. The smallest absolute Gasteiger partial charge is 0.142 e. The lowest BCUT2D eigenvalue weighted by Gasteiger charge is -2.21. The van der Waals surface area contributed by atoms with Crippen LogP contribution in [-0.2, 0) is 0 Å². The summed E-state index contributed by atoms with van der Waals surface area (Å²) in [4.78, 5) is 3.97. The molecule has 2 aromatic rings. The maximum atomic E-state index is 14.0. The van der Waals surface area contributed by atoms with Gasteiger partial charge in [0.1, 0.15) is 5.82 Å². The number of pyridine rings is 1. The highest BCUT2D eigenvalue weighted by Crippen LogP contribution is 2.31. The fourth-order valence-electron chi connectivity index (χ4n) is 1.92. The molecule has 94 valence electrons. The Morgan fingerprint density at radius 2 is 1.89 bits per heavy atom. The van der Waals surface area contributed by atoms with Crippen LogP contribution >= 0.6 is 15.9 Å². The van der Waals surface area contributed by atoms with Crippen LogP contribution < -0.4 is 5.73 Å². The van der Waals surface area contributed by atoms with Crippen LogP contribution in [0.2, 0.25) is 0 Å². The van der Waals surface area contributed by atoms with E-state index in [1.165, 1.54) is 0 Å². The minimum absolute atomic E-state index is 0.0248. The van der Waals surface area contributed by atoms with Gasteiger partial charge in [0.25, 0.3) is 0 Å². The Morgan fingerprint density at radius 3 is 2.56 bits per heavy atom. The molecule has 0 aliphatic rings. The van der Waals surface area contributed by atoms with Crippen LogP contribution in [0.4, 0.5) is 4.39 Å². The molecule has 1 aromatic carbocycles. The molecular formula is C14H14BrFN2. The first-order chi connectivity index (χ1) is 8.61. The van der Waals surface area contributed by atoms with Gasteiger partial charge in [-0.05, 0) is 39.7 Å². The van der Waals surface area contributed by atoms with Crippen molar-refractivity contribution in [3.05, 3.63) is 64.1 Å². The van der Waals surface area contributed by atoms with E-state index in [9.17, 15) is 4.39 Å². The van der Waals surface area contributed by atoms with E-state index in [1.807, 2.05) is 19.1 Å². The average molecular weight is 309 g/mol. The summed E-state index contributed by atoms with van der Waals surface area (Å²) in [5, 5.41) is 0. The second-order valence-corrected chi connectivity index (χ2v) is 5.09. The van der Waals surface area contributed by atoms with Crippen LogP contribution in [0.1, 0.15) is 30.0 Å². The molecule has 1 aromatic heterocycles. The Kier molecular flexibility index (Phi) is 4.09. The average Bonchev–Trinajstić information content (AvgIpc) is 2.41. The van der Waals surface area contributed by atoms with Crippen molar-refractivity contribution < 1.29 is 4.39 Å². The zero-order chi connectivity index (χ0) is 13.1. The molecule has 0 saturated heterocycles. The van der Waals surface area contributed by atoms with E-state index in [-0.39, 0.29) is 17.8 Å². The van der Waals surface area contributed by atoms with Crippen LogP contribution in [-0.4, -0.2) is 4.98 Å². The van der Waals surface area contributed by atoms with E-state index >= 15 is 0 Å². The summed E-state index contributed by atoms with van der Waals surface area (Å²) >= 11 is 3.18. The van der Waals surface area contributed by atoms with Crippen molar-refractivity contribution in [2.24, 2.45) is 5.73 Å². The first-order valence-corrected chi connectivity index (χ1v) is 6.50. The van der Waals surface area contributed by atoms with Crippen molar-refractivity contribution >= 4 is 15.9 Å². The van der Waals surface area contributed by atoms with E-state index in [4.69, 9.17) is 5.73 Å². The van der Waals surface area contributed by atoms with E-state index in [0.717, 1.165) is 5.56 Å². The Morgan fingerprint density at radius 1 is 1.22 bits per heavy atom. The first-order valence-electron chi connectivity index (χ1n) is 5.70. The molecule has 2 N–H and O–H groups in total. The van der Waals surface area contributed by atoms with Crippen molar-refractivity contribution in [1.29, 1.82) is 0 Å². The van der Waals surface area contributed by atoms with Crippen LogP contribution in [0, 0.1) is 5.82 Å². The molecule has 0 spiro atoms. The second-order valence-electron chi connectivity index (χ2n) is 4.24. The Balaban J connectivity index is 2.31. The van der Waals surface area contributed by atoms with Gasteiger partial charge >= 0.3 is 0 Å². The number of hydrogen-bond acceptors (Lipinski definition) is 2. The van der Waals surface area contributed by atoms with Gasteiger partial charge in [0.15, 0.2) is 0 Å². The summed E-state index contributed by atoms with van der Waals surface area (Å²) in [7, 11) is 0. The third-order valence-corrected chi connectivity index (χ3v) is 3.72. The number of halogens is 2. The SMILES string of the molecule is CC(c1ccncc1)C(N)c1cccc(Br)c1F. The summed E-state index contributed by atoms with van der Waals surface area (Å²) in [5.41, 5.74) is 7.73. The molecule has 2 rings (SSSR count). The van der Waals surface area contributed by atoms with Crippen LogP contribution in [0.15, 0.2) is 47.2 Å². The second kappa shape index (κ2) is 5.59. The van der Waals surface area contributed by atoms with Gasteiger partial charge in [0.2, 0.25) is 0 Å². The molecule has 0 radical (unpaired) electrons. The molecule has 0 bridgehead atoms. The third kappa shape index (κ3) is 2.60. The summed E-state index contributed by atoms with van der Waals surface area (Å²) in [6.45, 7) is 1.99. The maximum Gasteiger partial charge on any atom is 0.142 e. The number of hydrogen-bond donors (Lipinski definition) is 1. The molecule has 2 nitrogen and oxygen atoms in total. The number of benzene rings is 1. The molecule has 0 aliphatic carbocycles. The van der Waals surface area contributed by atoms with Gasteiger partial charge in [-0.25, -0.2) is 4.39 Å². The molecule has 18 heavy (non-hydrogen) atoms. The number of aromatic nitrogens is 1. The van der Waals surface area contributed by atoms with E-state index in [0.29, 0.717) is 10.0 Å². The molecule has 0 saturated carbocycles. The van der Waals surface area contributed by atoms with Crippen LogP contribution in [0.5, 0.6) is 0 Å². The highest BCUT2D eigenvalue weighted by molar-refractivity contribution is 9.10. The molecule has 2 unspecified atom stereocenters. The standard InChI is InChI=1S/C14H14BrFN2/c1-9(10-5-7-18-8-6-10)14(17)11-3-2-4-12(15)13(11)16/h2-9,14H,17H2,1H3. The third-order valence-electron chi connectivity index (χ3n) is 3.11. The molecule has 0 fully saturated rings. The highest BCUT2D eigenvalue weighted by Gasteiger charge is 2.20. The lowest BCUT2D eigenvalue weighted by atomic mass is 9.89. The van der Waals surface area contributed by atoms with Crippen molar-refractivity contribution in [1.82, 2.24) is 4.98 Å². The van der Waals surface area contributed by atoms with Gasteiger partial charge in [-0.15, -0.1) is 0 Å². The Hall–Kier alpha value is -1.26. The van der Waals surface area contributed by atoms with Crippen molar-refractivity contribution in [3.63, 3.8) is 0 Å². The largest absolute Gasteiger partial charge is 0.323 e. The summed E-state index contributed by atoms with van der Waals surface area (Å²) in [6.07, 6.45) is 3.44. The Bertz CT molecular complexity index is 531. The maximum absolute atomic E-state index is 14.0. The van der Waals surface area contributed by atoms with Crippen LogP contribution in [0.3, 0.4) is 0 Å². The molecule has 4 heteroatoms. The molecule has 0 amide bonds. The van der Waals surface area contributed by atoms with Crippen molar-refractivity contribution in [2.45, 2.75) is 18.9 Å². The van der Waals surface area contributed by atoms with Gasteiger partial charge in [-0.3, -0.25) is 4.98 Å². The zero-order valence-corrected chi connectivity index (χ0v) is 11.6. The molecule has 2 atom stereocenters. The molecule has 1 heterocycles. The predicted molar refractivity (Wildman–Crippen MR) is 73.7 cm³/mol. The van der Waals surface area contributed by atoms with E-state index < -0.39 is 0 Å². The lowest BCUT2D eigenvalue weighted by molar-refractivity contribution is 0.536. The first kappa shape index (κ1) is 13.2. The van der Waals surface area contributed by atoms with E-state index in [2.05, 4.69) is 20.9 Å². The summed E-state index contributed by atoms with van der Waals surface area (Å²) < 4.78 is 14.4. The van der Waals surface area contributed by atoms with Gasteiger partial charge in [0.05, 0.1) is 4.47 Å². The Labute approximate surface area is 114 Å². The van der Waals surface area contributed by atoms with Crippen LogP contribution in [0.25, 0.3) is 0 Å². The van der Waals surface area contributed by atoms with Gasteiger partial charge in [-0.2, -0.15) is 0 Å². The van der Waals surface area contributed by atoms with Gasteiger partial charge < -0.3 is 5.73 Å². The van der Waals surface area contributed by atoms with Crippen molar-refractivity contribution in [3.8, 4) is 0 Å². The summed E-state index contributed by atoms with van der Waals surface area (Å²) in [5.74, 6) is -0.261. The number of nitrogens with two attached hydrogens (primary N) is 1.